The molecular formula is C14H13F2O5PS2. The molecule has 0 aliphatic carbocycles. The summed E-state index contributed by atoms with van der Waals surface area (Å²) >= 11 is -3.25. The first-order chi connectivity index (χ1) is 11.5. The number of rotatable bonds is 8. The lowest BCUT2D eigenvalue weighted by molar-refractivity contribution is 0.275. The largest absolute Gasteiger partial charge is 0.610 e. The number of benzene rings is 2. The van der Waals surface area contributed by atoms with Crippen LogP contribution in [0.25, 0.3) is 0 Å². The predicted molar refractivity (Wildman–Crippen MR) is 86.5 cm³/mol. The minimum Gasteiger partial charge on any atom is -0.610 e. The van der Waals surface area contributed by atoms with E-state index in [9.17, 15) is 22.5 Å². The molecule has 130 valence electrons. The van der Waals surface area contributed by atoms with Crippen LogP contribution in [0.1, 0.15) is 0 Å². The van der Waals surface area contributed by atoms with Gasteiger partial charge in [0.1, 0.15) is 11.6 Å². The van der Waals surface area contributed by atoms with Crippen LogP contribution >= 0.6 is 8.25 Å². The van der Waals surface area contributed by atoms with E-state index in [1.807, 2.05) is 0 Å². The standard InChI is InChI=1S/C14H13F2O5PS2/c15-11-1-5-13(6-2-11)23(18)9-20-22(17)21-10-24(19)14-7-3-12(16)4-8-14/h1-8,22H,9-10H2/t23-,24-/m1/s1. The van der Waals surface area contributed by atoms with Crippen LogP contribution in [0.3, 0.4) is 0 Å². The molecule has 24 heavy (non-hydrogen) atoms. The lowest BCUT2D eigenvalue weighted by Crippen LogP contribution is -2.10. The molecule has 0 aromatic heterocycles. The second-order valence-corrected chi connectivity index (χ2v) is 8.25. The van der Waals surface area contributed by atoms with E-state index < -0.39 is 54.1 Å². The molecule has 0 bridgehead atoms. The third kappa shape index (κ3) is 6.18. The van der Waals surface area contributed by atoms with Gasteiger partial charge < -0.3 is 9.11 Å². The molecule has 0 radical (unpaired) electrons. The average molecular weight is 394 g/mol. The number of hydrogen-bond donors (Lipinski definition) is 0. The molecule has 0 unspecified atom stereocenters. The summed E-state index contributed by atoms with van der Waals surface area (Å²) in [6.07, 6.45) is 0. The van der Waals surface area contributed by atoms with Gasteiger partial charge in [0.2, 0.25) is 11.9 Å². The van der Waals surface area contributed by atoms with Gasteiger partial charge >= 0.3 is 8.25 Å². The first kappa shape index (κ1) is 19.4. The van der Waals surface area contributed by atoms with Crippen LogP contribution in [0.5, 0.6) is 0 Å². The number of halogens is 2. The Balaban J connectivity index is 1.74. The van der Waals surface area contributed by atoms with Crippen molar-refractivity contribution in [2.24, 2.45) is 0 Å². The Labute approximate surface area is 144 Å². The number of hydrogen-bond acceptors (Lipinski definition) is 5. The summed E-state index contributed by atoms with van der Waals surface area (Å²) < 4.78 is 70.4. The summed E-state index contributed by atoms with van der Waals surface area (Å²) in [7, 11) is -2.99. The SMILES string of the molecule is O=[PH](OC[S@@+]([O-])c1ccc(F)cc1)OC[S@@+]([O-])c1ccc(F)cc1. The van der Waals surface area contributed by atoms with Crippen LogP contribution < -0.4 is 0 Å². The monoisotopic (exact) mass is 394 g/mol. The Hall–Kier alpha value is -0.930. The summed E-state index contributed by atoms with van der Waals surface area (Å²) in [5, 5.41) is 0. The third-order valence-electron chi connectivity index (χ3n) is 2.72. The molecule has 5 nitrogen and oxygen atoms in total. The molecule has 0 fully saturated rings. The van der Waals surface area contributed by atoms with E-state index in [4.69, 9.17) is 9.05 Å². The zero-order chi connectivity index (χ0) is 17.5. The predicted octanol–water partition coefficient (Wildman–Crippen LogP) is 3.22. The summed E-state index contributed by atoms with van der Waals surface area (Å²) in [5.41, 5.74) is 0. The summed E-state index contributed by atoms with van der Waals surface area (Å²) in [4.78, 5) is 0.641. The molecule has 0 saturated carbocycles. The van der Waals surface area contributed by atoms with Crippen molar-refractivity contribution < 1.29 is 31.5 Å². The van der Waals surface area contributed by atoms with Crippen molar-refractivity contribution in [3.05, 3.63) is 60.2 Å². The molecule has 0 amide bonds. The molecule has 2 aromatic carbocycles. The van der Waals surface area contributed by atoms with Crippen LogP contribution in [0.4, 0.5) is 8.78 Å². The van der Waals surface area contributed by atoms with Crippen molar-refractivity contribution in [1.29, 1.82) is 0 Å². The second-order valence-electron chi connectivity index (χ2n) is 4.37. The van der Waals surface area contributed by atoms with Crippen molar-refractivity contribution >= 4 is 30.6 Å². The van der Waals surface area contributed by atoms with E-state index in [0.29, 0.717) is 9.79 Å². The van der Waals surface area contributed by atoms with Crippen molar-refractivity contribution in [3.63, 3.8) is 0 Å². The van der Waals surface area contributed by atoms with Crippen molar-refractivity contribution in [1.82, 2.24) is 0 Å². The van der Waals surface area contributed by atoms with Crippen LogP contribution in [-0.2, 0) is 36.0 Å². The van der Waals surface area contributed by atoms with Crippen LogP contribution in [0.15, 0.2) is 58.3 Å². The molecule has 2 aromatic rings. The van der Waals surface area contributed by atoms with Gasteiger partial charge in [0.15, 0.2) is 9.79 Å². The first-order valence-corrected chi connectivity index (χ1v) is 10.4. The lowest BCUT2D eigenvalue weighted by Gasteiger charge is -2.12. The van der Waals surface area contributed by atoms with Gasteiger partial charge in [0.05, 0.1) is 0 Å². The molecule has 0 aliphatic rings. The van der Waals surface area contributed by atoms with E-state index in [1.54, 1.807) is 0 Å². The van der Waals surface area contributed by atoms with Crippen LogP contribution in [0, 0.1) is 11.6 Å². The molecule has 2 rings (SSSR count). The Kier molecular flexibility index (Phi) is 7.70. The summed E-state index contributed by atoms with van der Waals surface area (Å²) in [5.74, 6) is -1.71. The Morgan fingerprint density at radius 1 is 0.792 bits per heavy atom. The van der Waals surface area contributed by atoms with E-state index in [0.717, 1.165) is 24.3 Å². The molecule has 0 heterocycles. The summed E-state index contributed by atoms with van der Waals surface area (Å²) in [6.45, 7) is 0. The Morgan fingerprint density at radius 2 is 1.12 bits per heavy atom. The molecule has 10 heteroatoms. The molecule has 0 aliphatic heterocycles. The van der Waals surface area contributed by atoms with E-state index >= 15 is 0 Å². The fourth-order valence-corrected chi connectivity index (χ4v) is 4.41. The highest BCUT2D eigenvalue weighted by molar-refractivity contribution is 7.91. The molecule has 0 N–H and O–H groups in total. The third-order valence-corrected chi connectivity index (χ3v) is 6.16. The zero-order valence-electron chi connectivity index (χ0n) is 12.1. The van der Waals surface area contributed by atoms with Gasteiger partial charge in [0.25, 0.3) is 0 Å². The van der Waals surface area contributed by atoms with Gasteiger partial charge in [0, 0.05) is 22.4 Å². The lowest BCUT2D eigenvalue weighted by atomic mass is 10.4. The summed E-state index contributed by atoms with van der Waals surface area (Å²) in [6, 6.07) is 9.93. The van der Waals surface area contributed by atoms with E-state index in [2.05, 4.69) is 0 Å². The fraction of sp³-hybridized carbons (Fsp3) is 0.143. The first-order valence-electron chi connectivity index (χ1n) is 6.53. The highest BCUT2D eigenvalue weighted by Crippen LogP contribution is 2.27. The topological polar surface area (TPSA) is 81.7 Å². The molecule has 0 saturated heterocycles. The molecule has 0 spiro atoms. The minimum atomic E-state index is -2.99. The molecule has 2 atom stereocenters. The maximum atomic E-state index is 12.8. The maximum Gasteiger partial charge on any atom is 0.326 e. The van der Waals surface area contributed by atoms with Crippen LogP contribution in [0.2, 0.25) is 0 Å². The highest BCUT2D eigenvalue weighted by atomic mass is 32.2. The Morgan fingerprint density at radius 3 is 1.46 bits per heavy atom. The van der Waals surface area contributed by atoms with E-state index in [-0.39, 0.29) is 0 Å². The fourth-order valence-electron chi connectivity index (χ4n) is 1.55. The quantitative estimate of drug-likeness (QED) is 0.507. The second kappa shape index (κ2) is 9.53. The highest BCUT2D eigenvalue weighted by Gasteiger charge is 2.16. The van der Waals surface area contributed by atoms with Crippen molar-refractivity contribution in [3.8, 4) is 0 Å². The van der Waals surface area contributed by atoms with Gasteiger partial charge in [-0.3, -0.25) is 13.6 Å². The zero-order valence-corrected chi connectivity index (χ0v) is 14.8. The average Bonchev–Trinajstić information content (AvgIpc) is 2.58. The van der Waals surface area contributed by atoms with Gasteiger partial charge in [-0.25, -0.2) is 8.78 Å². The minimum absolute atomic E-state index is 0.320. The van der Waals surface area contributed by atoms with Crippen molar-refractivity contribution in [2.45, 2.75) is 9.79 Å². The molecular weight excluding hydrogens is 381 g/mol. The smallest absolute Gasteiger partial charge is 0.326 e. The normalized spacial score (nSPS) is 13.9. The van der Waals surface area contributed by atoms with Crippen LogP contribution in [-0.4, -0.2) is 21.0 Å². The van der Waals surface area contributed by atoms with Gasteiger partial charge in [-0.2, -0.15) is 0 Å². The van der Waals surface area contributed by atoms with Gasteiger partial charge in [-0.1, -0.05) is 0 Å². The Bertz CT molecular complexity index is 614. The van der Waals surface area contributed by atoms with Gasteiger partial charge in [-0.05, 0) is 48.5 Å². The van der Waals surface area contributed by atoms with E-state index in [1.165, 1.54) is 24.3 Å². The maximum absolute atomic E-state index is 12.8. The van der Waals surface area contributed by atoms with Gasteiger partial charge in [-0.15, -0.1) is 0 Å². The van der Waals surface area contributed by atoms with Crippen molar-refractivity contribution in [2.75, 3.05) is 11.9 Å².